The average molecular weight is 380 g/mol. The van der Waals surface area contributed by atoms with Crippen molar-refractivity contribution in [3.63, 3.8) is 0 Å². The van der Waals surface area contributed by atoms with Crippen molar-refractivity contribution in [1.82, 2.24) is 15.5 Å². The highest BCUT2D eigenvalue weighted by Crippen LogP contribution is 2.23. The van der Waals surface area contributed by atoms with E-state index in [1.807, 2.05) is 6.07 Å². The number of nitrogens with one attached hydrogen (secondary N) is 2. The minimum atomic E-state index is -0.451. The molecule has 24 heavy (non-hydrogen) atoms. The second kappa shape index (κ2) is 10.2. The molecule has 0 spiro atoms. The molecule has 2 N–H and O–H groups in total. The number of ether oxygens (including phenoxy) is 1. The van der Waals surface area contributed by atoms with E-state index >= 15 is 0 Å². The number of hydrogen-bond acceptors (Lipinski definition) is 4. The van der Waals surface area contributed by atoms with Crippen molar-refractivity contribution in [2.45, 2.75) is 6.04 Å². The number of morpholine rings is 1. The summed E-state index contributed by atoms with van der Waals surface area (Å²) in [6.07, 6.45) is 0. The fourth-order valence-electron chi connectivity index (χ4n) is 2.87. The molecule has 2 aliphatic rings. The molecule has 1 amide bonds. The summed E-state index contributed by atoms with van der Waals surface area (Å²) in [6, 6.07) is 5.87. The van der Waals surface area contributed by atoms with E-state index in [2.05, 4.69) is 15.5 Å². The van der Waals surface area contributed by atoms with Crippen LogP contribution in [0, 0.1) is 11.7 Å². The molecule has 2 saturated heterocycles. The minimum absolute atomic E-state index is 0. The van der Waals surface area contributed by atoms with Crippen molar-refractivity contribution in [2.75, 3.05) is 45.9 Å². The van der Waals surface area contributed by atoms with Gasteiger partial charge in [0.05, 0.1) is 13.2 Å². The van der Waals surface area contributed by atoms with Crippen LogP contribution < -0.4 is 10.6 Å². The molecule has 1 aromatic rings. The normalized spacial score (nSPS) is 19.4. The zero-order valence-corrected chi connectivity index (χ0v) is 15.0. The van der Waals surface area contributed by atoms with Crippen molar-refractivity contribution in [1.29, 1.82) is 0 Å². The van der Waals surface area contributed by atoms with Gasteiger partial charge in [-0.15, -0.1) is 24.8 Å². The molecule has 0 aliphatic carbocycles. The molecule has 3 rings (SSSR count). The van der Waals surface area contributed by atoms with Gasteiger partial charge in [-0.1, -0.05) is 12.1 Å². The van der Waals surface area contributed by atoms with Crippen molar-refractivity contribution in [3.05, 3.63) is 35.6 Å². The molecule has 5 nitrogen and oxygen atoms in total. The smallest absolute Gasteiger partial charge is 0.241 e. The average Bonchev–Trinajstić information content (AvgIpc) is 2.47. The molecule has 2 fully saturated rings. The van der Waals surface area contributed by atoms with Gasteiger partial charge in [-0.3, -0.25) is 9.69 Å². The molecule has 2 aliphatic heterocycles. The second-order valence-electron chi connectivity index (χ2n) is 5.88. The van der Waals surface area contributed by atoms with E-state index in [-0.39, 0.29) is 36.5 Å². The fourth-order valence-corrected chi connectivity index (χ4v) is 2.87. The van der Waals surface area contributed by atoms with Gasteiger partial charge in [-0.25, -0.2) is 4.39 Å². The summed E-state index contributed by atoms with van der Waals surface area (Å²) in [6.45, 7) is 5.13. The number of carbonyl (C=O) groups is 1. The number of benzene rings is 1. The van der Waals surface area contributed by atoms with Crippen molar-refractivity contribution >= 4 is 30.7 Å². The SMILES string of the molecule is Cl.Cl.O=C(NCC1CNC1)C(c1cccc(F)c1)N1CCOCC1. The van der Waals surface area contributed by atoms with Gasteiger partial charge in [-0.05, 0) is 17.7 Å². The molecule has 1 aromatic carbocycles. The third-order valence-electron chi connectivity index (χ3n) is 4.25. The Morgan fingerprint density at radius 1 is 1.33 bits per heavy atom. The quantitative estimate of drug-likeness (QED) is 0.811. The Hall–Kier alpha value is -0.920. The molecule has 0 radical (unpaired) electrons. The summed E-state index contributed by atoms with van der Waals surface area (Å²) in [5.74, 6) is 0.132. The lowest BCUT2D eigenvalue weighted by Gasteiger charge is -2.34. The first-order valence-electron chi connectivity index (χ1n) is 7.80. The lowest BCUT2D eigenvalue weighted by molar-refractivity contribution is -0.128. The van der Waals surface area contributed by atoms with Gasteiger partial charge in [0, 0.05) is 38.6 Å². The fraction of sp³-hybridized carbons (Fsp3) is 0.562. The monoisotopic (exact) mass is 379 g/mol. The molecular formula is C16H24Cl2FN3O2. The summed E-state index contributed by atoms with van der Waals surface area (Å²) in [5, 5.41) is 6.20. The van der Waals surface area contributed by atoms with Crippen molar-refractivity contribution in [3.8, 4) is 0 Å². The highest BCUT2D eigenvalue weighted by atomic mass is 35.5. The van der Waals surface area contributed by atoms with Gasteiger partial charge in [0.15, 0.2) is 0 Å². The largest absolute Gasteiger partial charge is 0.379 e. The maximum absolute atomic E-state index is 13.6. The predicted octanol–water partition coefficient (Wildman–Crippen LogP) is 1.38. The highest BCUT2D eigenvalue weighted by Gasteiger charge is 2.30. The van der Waals surface area contributed by atoms with E-state index in [1.54, 1.807) is 6.07 Å². The first kappa shape index (κ1) is 21.1. The van der Waals surface area contributed by atoms with Gasteiger partial charge in [0.25, 0.3) is 0 Å². The maximum Gasteiger partial charge on any atom is 0.241 e. The summed E-state index contributed by atoms with van der Waals surface area (Å²) in [5.41, 5.74) is 0.700. The lowest BCUT2D eigenvalue weighted by Crippen LogP contribution is -2.51. The van der Waals surface area contributed by atoms with Gasteiger partial charge >= 0.3 is 0 Å². The van der Waals surface area contributed by atoms with Crippen LogP contribution in [0.5, 0.6) is 0 Å². The molecule has 2 heterocycles. The molecule has 1 atom stereocenters. The Balaban J connectivity index is 0.00000144. The van der Waals surface area contributed by atoms with Crippen LogP contribution in [0.2, 0.25) is 0 Å². The number of hydrogen-bond donors (Lipinski definition) is 2. The van der Waals surface area contributed by atoms with E-state index in [4.69, 9.17) is 4.74 Å². The minimum Gasteiger partial charge on any atom is -0.379 e. The van der Waals surface area contributed by atoms with E-state index in [0.717, 1.165) is 13.1 Å². The Kier molecular flexibility index (Phi) is 8.94. The highest BCUT2D eigenvalue weighted by molar-refractivity contribution is 5.85. The summed E-state index contributed by atoms with van der Waals surface area (Å²) in [4.78, 5) is 14.7. The molecule has 136 valence electrons. The van der Waals surface area contributed by atoms with Crippen LogP contribution in [-0.2, 0) is 9.53 Å². The molecular weight excluding hydrogens is 356 g/mol. The van der Waals surface area contributed by atoms with E-state index in [0.29, 0.717) is 44.3 Å². The summed E-state index contributed by atoms with van der Waals surface area (Å²) >= 11 is 0. The van der Waals surface area contributed by atoms with Crippen LogP contribution in [0.15, 0.2) is 24.3 Å². The third-order valence-corrected chi connectivity index (χ3v) is 4.25. The van der Waals surface area contributed by atoms with Gasteiger partial charge in [-0.2, -0.15) is 0 Å². The number of carbonyl (C=O) groups excluding carboxylic acids is 1. The second-order valence-corrected chi connectivity index (χ2v) is 5.88. The van der Waals surface area contributed by atoms with Crippen LogP contribution in [0.25, 0.3) is 0 Å². The van der Waals surface area contributed by atoms with Gasteiger partial charge in [0.2, 0.25) is 5.91 Å². The van der Waals surface area contributed by atoms with E-state index < -0.39 is 6.04 Å². The number of rotatable bonds is 5. The number of halogens is 3. The lowest BCUT2D eigenvalue weighted by atomic mass is 10.0. The topological polar surface area (TPSA) is 53.6 Å². The predicted molar refractivity (Wildman–Crippen MR) is 95.4 cm³/mol. The van der Waals surface area contributed by atoms with Crippen LogP contribution in [0.1, 0.15) is 11.6 Å². The summed E-state index contributed by atoms with van der Waals surface area (Å²) in [7, 11) is 0. The molecule has 1 unspecified atom stereocenters. The van der Waals surface area contributed by atoms with Gasteiger partial charge in [0.1, 0.15) is 11.9 Å². The third kappa shape index (κ3) is 5.29. The van der Waals surface area contributed by atoms with E-state index in [9.17, 15) is 9.18 Å². The number of nitrogens with zero attached hydrogens (tertiary/aromatic N) is 1. The number of amides is 1. The van der Waals surface area contributed by atoms with Gasteiger partial charge < -0.3 is 15.4 Å². The Labute approximate surface area is 154 Å². The Morgan fingerprint density at radius 2 is 2.04 bits per heavy atom. The van der Waals surface area contributed by atoms with Crippen molar-refractivity contribution in [2.24, 2.45) is 5.92 Å². The molecule has 8 heteroatoms. The molecule has 0 aromatic heterocycles. The summed E-state index contributed by atoms with van der Waals surface area (Å²) < 4.78 is 18.9. The first-order valence-corrected chi connectivity index (χ1v) is 7.80. The maximum atomic E-state index is 13.6. The molecule has 0 bridgehead atoms. The van der Waals surface area contributed by atoms with Crippen LogP contribution in [-0.4, -0.2) is 56.7 Å². The Bertz CT molecular complexity index is 526. The first-order chi connectivity index (χ1) is 10.7. The zero-order chi connectivity index (χ0) is 15.4. The van der Waals surface area contributed by atoms with E-state index in [1.165, 1.54) is 12.1 Å². The van der Waals surface area contributed by atoms with Crippen molar-refractivity contribution < 1.29 is 13.9 Å². The standard InChI is InChI=1S/C16H22FN3O2.2ClH/c17-14-3-1-2-13(8-14)15(20-4-6-22-7-5-20)16(21)19-11-12-9-18-10-12;;/h1-3,8,12,15,18H,4-7,9-11H2,(H,19,21);2*1H. The zero-order valence-electron chi connectivity index (χ0n) is 13.4. The molecule has 0 saturated carbocycles. The Morgan fingerprint density at radius 3 is 2.62 bits per heavy atom. The van der Waals surface area contributed by atoms with Crippen LogP contribution in [0.3, 0.4) is 0 Å². The van der Waals surface area contributed by atoms with Crippen LogP contribution in [0.4, 0.5) is 4.39 Å². The van der Waals surface area contributed by atoms with Crippen LogP contribution >= 0.6 is 24.8 Å².